The summed E-state index contributed by atoms with van der Waals surface area (Å²) in [5.41, 5.74) is 16.5. The second-order valence-electron chi connectivity index (χ2n) is 17.2. The number of nitrogens with zero attached hydrogens (tertiary/aromatic N) is 5. The molecule has 13 rings (SSSR count). The molecule has 0 amide bonds. The highest BCUT2D eigenvalue weighted by Gasteiger charge is 2.18. The molecule has 0 aliphatic carbocycles. The molecule has 68 heavy (non-hydrogen) atoms. The zero-order valence-electron chi connectivity index (χ0n) is 36.9. The lowest BCUT2D eigenvalue weighted by molar-refractivity contribution is 1.07. The van der Waals surface area contributed by atoms with Gasteiger partial charge in [-0.15, -0.1) is 0 Å². The summed E-state index contributed by atoms with van der Waals surface area (Å²) in [6, 6.07) is 88.2. The van der Waals surface area contributed by atoms with Gasteiger partial charge in [-0.1, -0.05) is 188 Å². The summed E-state index contributed by atoms with van der Waals surface area (Å²) >= 11 is 0. The summed E-state index contributed by atoms with van der Waals surface area (Å²) in [6.07, 6.45) is 0. The van der Waals surface area contributed by atoms with Crippen LogP contribution in [0.1, 0.15) is 0 Å². The average molecular weight is 868 g/mol. The summed E-state index contributed by atoms with van der Waals surface area (Å²) in [4.78, 5) is 15.5. The Morgan fingerprint density at radius 1 is 0.206 bits per heavy atom. The number of para-hydroxylation sites is 3. The molecule has 0 aliphatic rings. The number of hydrogen-bond acceptors (Lipinski definition) is 3. The minimum absolute atomic E-state index is 0.609. The van der Waals surface area contributed by atoms with Gasteiger partial charge in [0.1, 0.15) is 0 Å². The van der Waals surface area contributed by atoms with Crippen LogP contribution >= 0.6 is 0 Å². The van der Waals surface area contributed by atoms with Gasteiger partial charge in [-0.05, 0) is 94.0 Å². The first-order valence-corrected chi connectivity index (χ1v) is 23.0. The van der Waals surface area contributed by atoms with Crippen molar-refractivity contribution in [2.24, 2.45) is 0 Å². The van der Waals surface area contributed by atoms with Crippen LogP contribution in [-0.2, 0) is 0 Å². The normalized spacial score (nSPS) is 11.5. The molecule has 13 aromatic rings. The van der Waals surface area contributed by atoms with Gasteiger partial charge in [0.15, 0.2) is 17.5 Å². The van der Waals surface area contributed by atoms with E-state index in [1.54, 1.807) is 0 Å². The molecule has 0 spiro atoms. The van der Waals surface area contributed by atoms with Crippen molar-refractivity contribution >= 4 is 43.6 Å². The van der Waals surface area contributed by atoms with Gasteiger partial charge in [-0.25, -0.2) is 15.0 Å². The maximum atomic E-state index is 5.19. The van der Waals surface area contributed by atoms with Crippen molar-refractivity contribution < 1.29 is 0 Å². The number of benzene rings is 10. The number of fused-ring (bicyclic) bond motifs is 6. The molecule has 0 N–H and O–H groups in total. The van der Waals surface area contributed by atoms with E-state index in [2.05, 4.69) is 246 Å². The maximum absolute atomic E-state index is 5.19. The summed E-state index contributed by atoms with van der Waals surface area (Å²) in [7, 11) is 0. The van der Waals surface area contributed by atoms with Crippen LogP contribution in [0.5, 0.6) is 0 Å². The molecule has 318 valence electrons. The molecule has 3 heterocycles. The molecule has 3 aromatic heterocycles. The monoisotopic (exact) mass is 867 g/mol. The van der Waals surface area contributed by atoms with Crippen LogP contribution in [0.4, 0.5) is 0 Å². The molecule has 0 unspecified atom stereocenters. The quantitative estimate of drug-likeness (QED) is 0.153. The van der Waals surface area contributed by atoms with Crippen molar-refractivity contribution in [1.82, 2.24) is 24.1 Å². The van der Waals surface area contributed by atoms with E-state index in [4.69, 9.17) is 15.0 Å². The predicted molar refractivity (Wildman–Crippen MR) is 281 cm³/mol. The van der Waals surface area contributed by atoms with Crippen LogP contribution < -0.4 is 0 Å². The van der Waals surface area contributed by atoms with Crippen LogP contribution in [0, 0.1) is 0 Å². The molecular weight excluding hydrogens is 827 g/mol. The highest BCUT2D eigenvalue weighted by atomic mass is 15.0. The Kier molecular flexibility index (Phi) is 9.43. The van der Waals surface area contributed by atoms with Crippen LogP contribution in [-0.4, -0.2) is 24.1 Å². The van der Waals surface area contributed by atoms with Gasteiger partial charge < -0.3 is 9.13 Å². The van der Waals surface area contributed by atoms with Crippen molar-refractivity contribution in [1.29, 1.82) is 0 Å². The second kappa shape index (κ2) is 16.4. The molecule has 10 aromatic carbocycles. The van der Waals surface area contributed by atoms with Gasteiger partial charge in [-0.3, -0.25) is 0 Å². The van der Waals surface area contributed by atoms with Crippen molar-refractivity contribution in [3.63, 3.8) is 0 Å². The molecule has 5 nitrogen and oxygen atoms in total. The Labute approximate surface area is 393 Å². The minimum Gasteiger partial charge on any atom is -0.309 e. The Hall–Kier alpha value is -9.19. The van der Waals surface area contributed by atoms with Crippen molar-refractivity contribution in [2.75, 3.05) is 0 Å². The van der Waals surface area contributed by atoms with E-state index >= 15 is 0 Å². The number of aromatic nitrogens is 5. The van der Waals surface area contributed by atoms with Crippen molar-refractivity contribution in [2.45, 2.75) is 0 Å². The number of hydrogen-bond donors (Lipinski definition) is 0. The van der Waals surface area contributed by atoms with E-state index in [0.717, 1.165) is 61.4 Å². The Morgan fingerprint density at radius 3 is 1.04 bits per heavy atom. The summed E-state index contributed by atoms with van der Waals surface area (Å²) < 4.78 is 4.73. The lowest BCUT2D eigenvalue weighted by atomic mass is 10.0. The molecular formula is C63H41N5. The first kappa shape index (κ1) is 39.2. The fraction of sp³-hybridized carbons (Fsp3) is 0. The molecule has 0 saturated heterocycles. The first-order valence-electron chi connectivity index (χ1n) is 23.0. The van der Waals surface area contributed by atoms with Crippen LogP contribution in [0.3, 0.4) is 0 Å². The average Bonchev–Trinajstić information content (AvgIpc) is 3.94. The highest BCUT2D eigenvalue weighted by Crippen LogP contribution is 2.39. The second-order valence-corrected chi connectivity index (χ2v) is 17.2. The molecule has 0 aliphatic heterocycles. The Balaban J connectivity index is 0.914. The van der Waals surface area contributed by atoms with Gasteiger partial charge in [0, 0.05) is 49.6 Å². The molecule has 0 radical (unpaired) electrons. The summed E-state index contributed by atoms with van der Waals surface area (Å²) in [5, 5.41) is 4.86. The molecule has 0 bridgehead atoms. The van der Waals surface area contributed by atoms with Crippen molar-refractivity contribution in [3.05, 3.63) is 249 Å². The number of rotatable bonds is 8. The smallest absolute Gasteiger partial charge is 0.164 e. The largest absolute Gasteiger partial charge is 0.309 e. The Bertz CT molecular complexity index is 3880. The van der Waals surface area contributed by atoms with E-state index in [1.165, 1.54) is 43.7 Å². The van der Waals surface area contributed by atoms with Gasteiger partial charge in [-0.2, -0.15) is 0 Å². The maximum Gasteiger partial charge on any atom is 0.164 e. The van der Waals surface area contributed by atoms with Gasteiger partial charge in [0.2, 0.25) is 0 Å². The highest BCUT2D eigenvalue weighted by molar-refractivity contribution is 6.12. The summed E-state index contributed by atoms with van der Waals surface area (Å²) in [6.45, 7) is 0. The molecule has 0 fully saturated rings. The third-order valence-electron chi connectivity index (χ3n) is 13.2. The van der Waals surface area contributed by atoms with E-state index in [0.29, 0.717) is 17.5 Å². The first-order chi connectivity index (χ1) is 33.7. The SMILES string of the molecule is c1ccc(-c2ccc(-c3nc(-c4ccc(-c5ccccc5)cc4)nc(-c4cccc(-n5c6ccccc6c6cc(-c7ccc8c(c7)c7ccccc7n8-c7ccccc7)ccc65)c4)n3)cc2)cc1. The lowest BCUT2D eigenvalue weighted by Gasteiger charge is -2.12. The lowest BCUT2D eigenvalue weighted by Crippen LogP contribution is -2.01. The Morgan fingerprint density at radius 2 is 0.544 bits per heavy atom. The summed E-state index contributed by atoms with van der Waals surface area (Å²) in [5.74, 6) is 1.85. The minimum atomic E-state index is 0.609. The van der Waals surface area contributed by atoms with E-state index < -0.39 is 0 Å². The fourth-order valence-electron chi connectivity index (χ4n) is 9.87. The van der Waals surface area contributed by atoms with Gasteiger partial charge in [0.25, 0.3) is 0 Å². The van der Waals surface area contributed by atoms with Crippen LogP contribution in [0.2, 0.25) is 0 Å². The zero-order chi connectivity index (χ0) is 45.0. The van der Waals surface area contributed by atoms with Crippen LogP contribution in [0.25, 0.3) is 123 Å². The van der Waals surface area contributed by atoms with Crippen LogP contribution in [0.15, 0.2) is 249 Å². The van der Waals surface area contributed by atoms with Gasteiger partial charge in [0.05, 0.1) is 22.1 Å². The zero-order valence-corrected chi connectivity index (χ0v) is 36.9. The standard InChI is InChI=1S/C63H41N5/c1-4-15-42(16-5-1)44-27-31-46(32-28-44)61-64-62(47-33-29-45(30-34-47)43-17-6-2-7-18-43)66-63(65-61)50-19-14-22-52(39-50)68-58-26-13-11-24-54(58)56-41-49(36-38-60(56)68)48-35-37-59-55(40-48)53-23-10-12-25-57(53)67(59)51-20-8-3-9-21-51/h1-41H. The van der Waals surface area contributed by atoms with Gasteiger partial charge >= 0.3 is 0 Å². The van der Waals surface area contributed by atoms with E-state index in [-0.39, 0.29) is 0 Å². The van der Waals surface area contributed by atoms with E-state index in [9.17, 15) is 0 Å². The molecule has 5 heteroatoms. The van der Waals surface area contributed by atoms with Crippen molar-refractivity contribution in [3.8, 4) is 78.9 Å². The fourth-order valence-corrected chi connectivity index (χ4v) is 9.87. The topological polar surface area (TPSA) is 48.5 Å². The predicted octanol–water partition coefficient (Wildman–Crippen LogP) is 16.1. The third kappa shape index (κ3) is 6.84. The third-order valence-corrected chi connectivity index (χ3v) is 13.2. The molecule has 0 atom stereocenters. The molecule has 0 saturated carbocycles. The van der Waals surface area contributed by atoms with E-state index in [1.807, 2.05) is 12.1 Å².